The van der Waals surface area contributed by atoms with E-state index in [1.165, 1.54) is 9.08 Å². The van der Waals surface area contributed by atoms with Gasteiger partial charge in [-0.2, -0.15) is 5.10 Å². The summed E-state index contributed by atoms with van der Waals surface area (Å²) in [6.07, 6.45) is 5.06. The molecule has 1 aromatic carbocycles. The molecule has 0 aliphatic heterocycles. The molecule has 0 radical (unpaired) electrons. The Hall–Kier alpha value is -2.93. The second-order valence-corrected chi connectivity index (χ2v) is 6.58. The lowest BCUT2D eigenvalue weighted by atomic mass is 10.1. The van der Waals surface area contributed by atoms with E-state index in [9.17, 15) is 14.7 Å². The highest BCUT2D eigenvalue weighted by molar-refractivity contribution is 5.76. The highest BCUT2D eigenvalue weighted by Crippen LogP contribution is 2.25. The third-order valence-corrected chi connectivity index (χ3v) is 4.51. The van der Waals surface area contributed by atoms with Gasteiger partial charge in [-0.05, 0) is 13.3 Å². The van der Waals surface area contributed by atoms with Gasteiger partial charge in [0.2, 0.25) is 5.91 Å². The first kappa shape index (κ1) is 18.8. The molecule has 0 aliphatic carbocycles. The highest BCUT2D eigenvalue weighted by atomic mass is 16.3. The van der Waals surface area contributed by atoms with Crippen LogP contribution in [0.1, 0.15) is 30.9 Å². The van der Waals surface area contributed by atoms with Crippen molar-refractivity contribution in [1.29, 1.82) is 0 Å². The third-order valence-electron chi connectivity index (χ3n) is 4.51. The number of aryl methyl sites for hydroxylation is 1. The number of unbranched alkanes of at least 4 members (excludes halogenated alkanes) is 1. The molecule has 27 heavy (non-hydrogen) atoms. The lowest BCUT2D eigenvalue weighted by molar-refractivity contribution is -0.121. The van der Waals surface area contributed by atoms with Crippen molar-refractivity contribution in [2.45, 2.75) is 39.8 Å². The summed E-state index contributed by atoms with van der Waals surface area (Å²) >= 11 is 0. The number of benzene rings is 1. The van der Waals surface area contributed by atoms with Crippen LogP contribution in [0.15, 0.2) is 41.5 Å². The summed E-state index contributed by atoms with van der Waals surface area (Å²) < 4.78 is 2.81. The van der Waals surface area contributed by atoms with Gasteiger partial charge in [0, 0.05) is 30.1 Å². The molecule has 0 aliphatic rings. The van der Waals surface area contributed by atoms with E-state index in [1.54, 1.807) is 12.4 Å². The van der Waals surface area contributed by atoms with Crippen molar-refractivity contribution in [3.8, 4) is 11.3 Å². The lowest BCUT2D eigenvalue weighted by Gasteiger charge is -2.07. The van der Waals surface area contributed by atoms with Crippen LogP contribution in [-0.2, 0) is 17.9 Å². The molecule has 0 saturated heterocycles. The molecule has 2 heterocycles. The normalized spacial score (nSPS) is 11.1. The highest BCUT2D eigenvalue weighted by Gasteiger charge is 2.18. The van der Waals surface area contributed by atoms with Gasteiger partial charge in [0.05, 0.1) is 12.3 Å². The third kappa shape index (κ3) is 3.93. The van der Waals surface area contributed by atoms with Gasteiger partial charge in [-0.15, -0.1) is 0 Å². The van der Waals surface area contributed by atoms with Gasteiger partial charge in [0.1, 0.15) is 12.1 Å². The maximum absolute atomic E-state index is 12.9. The smallest absolute Gasteiger partial charge is 0.277 e. The fourth-order valence-corrected chi connectivity index (χ4v) is 2.98. The molecule has 0 unspecified atom stereocenters. The predicted octanol–water partition coefficient (Wildman–Crippen LogP) is 1.88. The average molecular weight is 368 g/mol. The SMILES string of the molecule is CCCCNC(=O)Cn1ccn2nc(-c3ccc(C)cc3)c(CO)c2c1=O. The molecule has 2 aromatic heterocycles. The minimum absolute atomic E-state index is 0.0606. The zero-order valence-corrected chi connectivity index (χ0v) is 15.6. The minimum Gasteiger partial charge on any atom is -0.392 e. The largest absolute Gasteiger partial charge is 0.392 e. The molecule has 0 atom stereocenters. The number of hydrogen-bond donors (Lipinski definition) is 2. The Kier molecular flexibility index (Phi) is 5.71. The average Bonchev–Trinajstić information content (AvgIpc) is 3.04. The fraction of sp³-hybridized carbons (Fsp3) is 0.350. The fourth-order valence-electron chi connectivity index (χ4n) is 2.98. The summed E-state index contributed by atoms with van der Waals surface area (Å²) in [4.78, 5) is 24.9. The summed E-state index contributed by atoms with van der Waals surface area (Å²) in [5, 5.41) is 17.2. The number of carbonyl (C=O) groups excluding carboxylic acids is 1. The molecule has 0 saturated carbocycles. The molecule has 0 spiro atoms. The van der Waals surface area contributed by atoms with Crippen LogP contribution in [-0.4, -0.2) is 31.7 Å². The number of aliphatic hydroxyl groups is 1. The van der Waals surface area contributed by atoms with Crippen LogP contribution in [0.25, 0.3) is 16.8 Å². The van der Waals surface area contributed by atoms with Crippen LogP contribution in [0.3, 0.4) is 0 Å². The van der Waals surface area contributed by atoms with E-state index < -0.39 is 0 Å². The Morgan fingerprint density at radius 3 is 2.63 bits per heavy atom. The van der Waals surface area contributed by atoms with E-state index in [0.717, 1.165) is 24.0 Å². The van der Waals surface area contributed by atoms with Crippen LogP contribution < -0.4 is 10.9 Å². The van der Waals surface area contributed by atoms with Gasteiger partial charge in [-0.3, -0.25) is 9.59 Å². The molecule has 3 rings (SSSR count). The summed E-state index contributed by atoms with van der Waals surface area (Å²) in [5.41, 5.74) is 2.92. The van der Waals surface area contributed by atoms with Crippen molar-refractivity contribution in [3.63, 3.8) is 0 Å². The van der Waals surface area contributed by atoms with E-state index in [1.807, 2.05) is 38.1 Å². The lowest BCUT2D eigenvalue weighted by Crippen LogP contribution is -2.33. The Balaban J connectivity index is 1.99. The molecule has 7 nitrogen and oxygen atoms in total. The Morgan fingerprint density at radius 1 is 1.22 bits per heavy atom. The van der Waals surface area contributed by atoms with Crippen LogP contribution in [0, 0.1) is 6.92 Å². The van der Waals surface area contributed by atoms with Gasteiger partial charge in [-0.1, -0.05) is 43.2 Å². The first-order valence-electron chi connectivity index (χ1n) is 9.10. The second-order valence-electron chi connectivity index (χ2n) is 6.58. The molecular weight excluding hydrogens is 344 g/mol. The number of nitrogens with zero attached hydrogens (tertiary/aromatic N) is 3. The van der Waals surface area contributed by atoms with Crippen molar-refractivity contribution in [3.05, 3.63) is 58.1 Å². The molecule has 3 aromatic rings. The molecule has 0 fully saturated rings. The number of aromatic nitrogens is 3. The molecule has 142 valence electrons. The number of amides is 1. The van der Waals surface area contributed by atoms with E-state index in [-0.39, 0.29) is 30.1 Å². The van der Waals surface area contributed by atoms with Crippen LogP contribution in [0.2, 0.25) is 0 Å². The van der Waals surface area contributed by atoms with Crippen molar-refractivity contribution >= 4 is 11.4 Å². The second kappa shape index (κ2) is 8.18. The van der Waals surface area contributed by atoms with E-state index in [4.69, 9.17) is 0 Å². The van der Waals surface area contributed by atoms with Crippen molar-refractivity contribution < 1.29 is 9.90 Å². The zero-order valence-electron chi connectivity index (χ0n) is 15.6. The van der Waals surface area contributed by atoms with Crippen LogP contribution >= 0.6 is 0 Å². The number of carbonyl (C=O) groups is 1. The van der Waals surface area contributed by atoms with Crippen molar-refractivity contribution in [2.24, 2.45) is 0 Å². The van der Waals surface area contributed by atoms with E-state index in [2.05, 4.69) is 10.4 Å². The van der Waals surface area contributed by atoms with Crippen LogP contribution in [0.5, 0.6) is 0 Å². The van der Waals surface area contributed by atoms with Gasteiger partial charge in [0.15, 0.2) is 0 Å². The topological polar surface area (TPSA) is 88.6 Å². The quantitative estimate of drug-likeness (QED) is 0.623. The maximum Gasteiger partial charge on any atom is 0.277 e. The Labute approximate surface area is 157 Å². The minimum atomic E-state index is -0.349. The standard InChI is InChI=1S/C20H24N4O3/c1-3-4-9-21-17(26)12-23-10-11-24-19(20(23)27)16(13-25)18(22-24)15-7-5-14(2)6-8-15/h5-8,10-11,25H,3-4,9,12-13H2,1-2H3,(H,21,26). The van der Waals surface area contributed by atoms with Crippen molar-refractivity contribution in [2.75, 3.05) is 6.54 Å². The molecular formula is C20H24N4O3. The summed E-state index contributed by atoms with van der Waals surface area (Å²) in [5.74, 6) is -0.210. The Morgan fingerprint density at radius 2 is 1.96 bits per heavy atom. The van der Waals surface area contributed by atoms with Gasteiger partial charge >= 0.3 is 0 Å². The summed E-state index contributed by atoms with van der Waals surface area (Å²) in [7, 11) is 0. The molecule has 1 amide bonds. The van der Waals surface area contributed by atoms with E-state index >= 15 is 0 Å². The molecule has 0 bridgehead atoms. The number of nitrogens with one attached hydrogen (secondary N) is 1. The number of hydrogen-bond acceptors (Lipinski definition) is 4. The first-order valence-corrected chi connectivity index (χ1v) is 9.10. The molecule has 7 heteroatoms. The van der Waals surface area contributed by atoms with Crippen LogP contribution in [0.4, 0.5) is 0 Å². The predicted molar refractivity (Wildman–Crippen MR) is 103 cm³/mol. The summed E-state index contributed by atoms with van der Waals surface area (Å²) in [6, 6.07) is 7.74. The van der Waals surface area contributed by atoms with Gasteiger partial charge < -0.3 is 15.0 Å². The van der Waals surface area contributed by atoms with E-state index in [0.29, 0.717) is 17.8 Å². The van der Waals surface area contributed by atoms with Crippen molar-refractivity contribution in [1.82, 2.24) is 19.5 Å². The van der Waals surface area contributed by atoms with Gasteiger partial charge in [-0.25, -0.2) is 4.52 Å². The van der Waals surface area contributed by atoms with Gasteiger partial charge in [0.25, 0.3) is 5.56 Å². The maximum atomic E-state index is 12.9. The number of aliphatic hydroxyl groups excluding tert-OH is 1. The zero-order chi connectivity index (χ0) is 19.4. The monoisotopic (exact) mass is 368 g/mol. The number of rotatable bonds is 7. The first-order chi connectivity index (χ1) is 13.0. The Bertz CT molecular complexity index is 1000. The molecule has 2 N–H and O–H groups in total. The summed E-state index contributed by atoms with van der Waals surface area (Å²) in [6.45, 7) is 4.26. The number of fused-ring (bicyclic) bond motifs is 1.